The van der Waals surface area contributed by atoms with E-state index in [4.69, 9.17) is 27.9 Å². The highest BCUT2D eigenvalue weighted by atomic mass is 35.5. The number of likely N-dealkylation sites (tertiary alicyclic amines) is 1. The van der Waals surface area contributed by atoms with Crippen molar-refractivity contribution in [2.24, 2.45) is 11.8 Å². The lowest BCUT2D eigenvalue weighted by Crippen LogP contribution is -2.39. The lowest BCUT2D eigenvalue weighted by molar-refractivity contribution is 0.0435. The van der Waals surface area contributed by atoms with Gasteiger partial charge in [0.25, 0.3) is 0 Å². The zero-order chi connectivity index (χ0) is 15.4. The van der Waals surface area contributed by atoms with E-state index in [9.17, 15) is 0 Å². The Morgan fingerprint density at radius 3 is 2.71 bits per heavy atom. The molecule has 2 nitrogen and oxygen atoms in total. The van der Waals surface area contributed by atoms with Crippen LogP contribution in [0.1, 0.15) is 31.7 Å². The van der Waals surface area contributed by atoms with Gasteiger partial charge >= 0.3 is 0 Å². The number of hydrogen-bond acceptors (Lipinski definition) is 2. The van der Waals surface area contributed by atoms with E-state index in [0.717, 1.165) is 32.7 Å². The van der Waals surface area contributed by atoms with E-state index in [1.54, 1.807) is 0 Å². The van der Waals surface area contributed by atoms with Gasteiger partial charge in [0.1, 0.15) is 0 Å². The Labute approximate surface area is 138 Å². The number of rotatable bonds is 5. The fourth-order valence-corrected chi connectivity index (χ4v) is 3.33. The fraction of sp³-hybridized carbons (Fsp3) is 0.647. The summed E-state index contributed by atoms with van der Waals surface area (Å²) in [6.45, 7) is 8.20. The van der Waals surface area contributed by atoms with Gasteiger partial charge in [-0.05, 0) is 49.5 Å². The van der Waals surface area contributed by atoms with Crippen molar-refractivity contribution in [2.75, 3.05) is 33.4 Å². The number of benzene rings is 1. The number of halogens is 2. The molecule has 1 saturated heterocycles. The van der Waals surface area contributed by atoms with Gasteiger partial charge in [-0.25, -0.2) is 0 Å². The Kier molecular flexibility index (Phi) is 6.36. The van der Waals surface area contributed by atoms with Crippen molar-refractivity contribution in [2.45, 2.75) is 26.2 Å². The second-order valence-corrected chi connectivity index (χ2v) is 7.34. The van der Waals surface area contributed by atoms with Crippen LogP contribution in [0.5, 0.6) is 0 Å². The molecule has 1 fully saturated rings. The average molecular weight is 330 g/mol. The maximum atomic E-state index is 6.18. The van der Waals surface area contributed by atoms with Crippen LogP contribution in [0.3, 0.4) is 0 Å². The summed E-state index contributed by atoms with van der Waals surface area (Å²) < 4.78 is 5.90. The molecule has 0 saturated carbocycles. The molecule has 2 atom stereocenters. The Balaban J connectivity index is 2.08. The summed E-state index contributed by atoms with van der Waals surface area (Å²) in [4.78, 5) is 2.39. The monoisotopic (exact) mass is 329 g/mol. The minimum absolute atomic E-state index is 0.503. The normalized spacial score (nSPS) is 23.7. The SMILES string of the molecule is CC(C)COC[C@@H]1CN(C)CC[C@H]1c1ccc(Cl)c(Cl)c1. The van der Waals surface area contributed by atoms with Crippen LogP contribution in [0, 0.1) is 11.8 Å². The molecule has 0 aromatic heterocycles. The van der Waals surface area contributed by atoms with E-state index in [1.165, 1.54) is 5.56 Å². The highest BCUT2D eigenvalue weighted by molar-refractivity contribution is 6.42. The molecule has 0 amide bonds. The molecule has 118 valence electrons. The minimum Gasteiger partial charge on any atom is -0.381 e. The molecule has 1 heterocycles. The van der Waals surface area contributed by atoms with Crippen molar-refractivity contribution >= 4 is 23.2 Å². The summed E-state index contributed by atoms with van der Waals surface area (Å²) in [6.07, 6.45) is 1.14. The van der Waals surface area contributed by atoms with Crippen molar-refractivity contribution in [1.82, 2.24) is 4.90 Å². The molecule has 1 aromatic carbocycles. The molecule has 1 aromatic rings. The standard InChI is InChI=1S/C17H25Cl2NO/c1-12(2)10-21-11-14-9-20(3)7-6-15(14)13-4-5-16(18)17(19)8-13/h4-5,8,12,14-15H,6-7,9-11H2,1-3H3/t14-,15-/m0/s1. The summed E-state index contributed by atoms with van der Waals surface area (Å²) in [5.41, 5.74) is 1.29. The van der Waals surface area contributed by atoms with Crippen molar-refractivity contribution in [1.29, 1.82) is 0 Å². The van der Waals surface area contributed by atoms with Gasteiger partial charge in [-0.2, -0.15) is 0 Å². The van der Waals surface area contributed by atoms with Gasteiger partial charge in [0.2, 0.25) is 0 Å². The molecule has 0 radical (unpaired) electrons. The minimum atomic E-state index is 0.503. The first-order chi connectivity index (χ1) is 9.97. The molecule has 1 aliphatic rings. The second-order valence-electron chi connectivity index (χ2n) is 6.52. The molecular weight excluding hydrogens is 305 g/mol. The zero-order valence-electron chi connectivity index (χ0n) is 13.1. The van der Waals surface area contributed by atoms with E-state index < -0.39 is 0 Å². The summed E-state index contributed by atoms with van der Waals surface area (Å²) in [7, 11) is 2.18. The lowest BCUT2D eigenvalue weighted by atomic mass is 9.81. The molecule has 4 heteroatoms. The topological polar surface area (TPSA) is 12.5 Å². The maximum absolute atomic E-state index is 6.18. The van der Waals surface area contributed by atoms with Gasteiger partial charge in [-0.15, -0.1) is 0 Å². The van der Waals surface area contributed by atoms with Gasteiger partial charge in [-0.3, -0.25) is 0 Å². The molecule has 2 rings (SSSR count). The fourth-order valence-electron chi connectivity index (χ4n) is 3.02. The molecule has 0 spiro atoms. The van der Waals surface area contributed by atoms with Crippen molar-refractivity contribution in [3.05, 3.63) is 33.8 Å². The number of ether oxygens (including phenoxy) is 1. The van der Waals surface area contributed by atoms with Crippen LogP contribution < -0.4 is 0 Å². The van der Waals surface area contributed by atoms with Gasteiger partial charge in [0.15, 0.2) is 0 Å². The van der Waals surface area contributed by atoms with Crippen molar-refractivity contribution in [3.8, 4) is 0 Å². The Bertz CT molecular complexity index is 464. The van der Waals surface area contributed by atoms with Gasteiger partial charge in [0, 0.05) is 19.1 Å². The third-order valence-corrected chi connectivity index (χ3v) is 4.83. The number of nitrogens with zero attached hydrogens (tertiary/aromatic N) is 1. The van der Waals surface area contributed by atoms with Gasteiger partial charge in [0.05, 0.1) is 16.7 Å². The molecule has 0 bridgehead atoms. The third kappa shape index (κ3) is 4.85. The first-order valence-electron chi connectivity index (χ1n) is 7.68. The Morgan fingerprint density at radius 1 is 1.29 bits per heavy atom. The Morgan fingerprint density at radius 2 is 2.05 bits per heavy atom. The van der Waals surface area contributed by atoms with Crippen molar-refractivity contribution in [3.63, 3.8) is 0 Å². The first kappa shape index (κ1) is 17.1. The summed E-state index contributed by atoms with van der Waals surface area (Å²) in [5.74, 6) is 1.60. The first-order valence-corrected chi connectivity index (χ1v) is 8.44. The van der Waals surface area contributed by atoms with Gasteiger partial charge in [-0.1, -0.05) is 43.1 Å². The molecule has 0 unspecified atom stereocenters. The van der Waals surface area contributed by atoms with E-state index in [2.05, 4.69) is 31.9 Å². The van der Waals surface area contributed by atoms with Crippen LogP contribution in [0.25, 0.3) is 0 Å². The quantitative estimate of drug-likeness (QED) is 0.776. The van der Waals surface area contributed by atoms with Gasteiger partial charge < -0.3 is 9.64 Å². The number of hydrogen-bond donors (Lipinski definition) is 0. The summed E-state index contributed by atoms with van der Waals surface area (Å²) in [6, 6.07) is 6.04. The molecular formula is C17H25Cl2NO. The predicted molar refractivity (Wildman–Crippen MR) is 90.5 cm³/mol. The van der Waals surface area contributed by atoms with E-state index in [-0.39, 0.29) is 0 Å². The molecule has 21 heavy (non-hydrogen) atoms. The van der Waals surface area contributed by atoms with E-state index in [0.29, 0.717) is 27.8 Å². The van der Waals surface area contributed by atoms with Crippen LogP contribution in [0.4, 0.5) is 0 Å². The molecule has 0 aliphatic carbocycles. The number of piperidine rings is 1. The predicted octanol–water partition coefficient (Wildman–Crippen LogP) is 4.70. The van der Waals surface area contributed by atoms with Crippen LogP contribution in [-0.4, -0.2) is 38.3 Å². The average Bonchev–Trinajstić information content (AvgIpc) is 2.42. The summed E-state index contributed by atoms with van der Waals surface area (Å²) >= 11 is 12.2. The molecule has 0 N–H and O–H groups in total. The van der Waals surface area contributed by atoms with Crippen molar-refractivity contribution < 1.29 is 4.74 Å². The second kappa shape index (κ2) is 7.82. The molecule has 1 aliphatic heterocycles. The highest BCUT2D eigenvalue weighted by Crippen LogP contribution is 2.35. The lowest BCUT2D eigenvalue weighted by Gasteiger charge is -2.37. The summed E-state index contributed by atoms with van der Waals surface area (Å²) in [5, 5.41) is 1.27. The maximum Gasteiger partial charge on any atom is 0.0595 e. The largest absolute Gasteiger partial charge is 0.381 e. The highest BCUT2D eigenvalue weighted by Gasteiger charge is 2.29. The Hall–Kier alpha value is -0.280. The van der Waals surface area contributed by atoms with E-state index >= 15 is 0 Å². The van der Waals surface area contributed by atoms with Crippen LogP contribution in [0.2, 0.25) is 10.0 Å². The van der Waals surface area contributed by atoms with Crippen LogP contribution in [0.15, 0.2) is 18.2 Å². The third-order valence-electron chi connectivity index (χ3n) is 4.09. The van der Waals surface area contributed by atoms with Crippen LogP contribution >= 0.6 is 23.2 Å². The zero-order valence-corrected chi connectivity index (χ0v) is 14.6. The smallest absolute Gasteiger partial charge is 0.0595 e. The van der Waals surface area contributed by atoms with E-state index in [1.807, 2.05) is 12.1 Å². The van der Waals surface area contributed by atoms with Crippen LogP contribution in [-0.2, 0) is 4.74 Å².